The first-order valence-corrected chi connectivity index (χ1v) is 10.7. The van der Waals surface area contributed by atoms with Crippen molar-refractivity contribution in [3.8, 4) is 11.5 Å². The van der Waals surface area contributed by atoms with Crippen LogP contribution in [0.15, 0.2) is 77.7 Å². The van der Waals surface area contributed by atoms with Crippen LogP contribution in [-0.2, 0) is 6.42 Å². The van der Waals surface area contributed by atoms with E-state index in [0.717, 1.165) is 22.6 Å². The van der Waals surface area contributed by atoms with Gasteiger partial charge >= 0.3 is 0 Å². The van der Waals surface area contributed by atoms with E-state index in [2.05, 4.69) is 23.5 Å². The maximum absolute atomic E-state index is 12.5. The molecule has 0 aliphatic heterocycles. The number of rotatable bonds is 9. The SMILES string of the molecule is COc1cc(SC)ccc1C(=O)NCCOc1ccccc1Cc1ccccc1. The second kappa shape index (κ2) is 10.6. The van der Waals surface area contributed by atoms with Crippen LogP contribution in [0.5, 0.6) is 11.5 Å². The lowest BCUT2D eigenvalue weighted by Gasteiger charge is -2.13. The standard InChI is InChI=1S/C24H25NO3S/c1-27-23-17-20(29-2)12-13-21(23)24(26)25-14-15-28-22-11-7-6-10-19(22)16-18-8-4-3-5-9-18/h3-13,17H,14-16H2,1-2H3,(H,25,26). The Bertz CT molecular complexity index is 944. The summed E-state index contributed by atoms with van der Waals surface area (Å²) >= 11 is 1.61. The molecular weight excluding hydrogens is 382 g/mol. The van der Waals surface area contributed by atoms with Gasteiger partial charge in [0, 0.05) is 11.3 Å². The van der Waals surface area contributed by atoms with Crippen LogP contribution in [0.25, 0.3) is 0 Å². The number of carbonyl (C=O) groups is 1. The molecule has 0 aromatic heterocycles. The van der Waals surface area contributed by atoms with Crippen LogP contribution < -0.4 is 14.8 Å². The van der Waals surface area contributed by atoms with Gasteiger partial charge in [-0.15, -0.1) is 11.8 Å². The van der Waals surface area contributed by atoms with Crippen molar-refractivity contribution in [1.82, 2.24) is 5.32 Å². The summed E-state index contributed by atoms with van der Waals surface area (Å²) in [5, 5.41) is 2.90. The molecule has 4 nitrogen and oxygen atoms in total. The van der Waals surface area contributed by atoms with Crippen LogP contribution in [0.4, 0.5) is 0 Å². The van der Waals surface area contributed by atoms with Crippen molar-refractivity contribution in [2.24, 2.45) is 0 Å². The number of para-hydroxylation sites is 1. The molecule has 0 fully saturated rings. The molecule has 0 heterocycles. The first kappa shape index (κ1) is 20.8. The lowest BCUT2D eigenvalue weighted by molar-refractivity contribution is 0.0944. The summed E-state index contributed by atoms with van der Waals surface area (Å²) in [6.45, 7) is 0.800. The van der Waals surface area contributed by atoms with Gasteiger partial charge in [0.05, 0.1) is 19.2 Å². The van der Waals surface area contributed by atoms with E-state index in [4.69, 9.17) is 9.47 Å². The Morgan fingerprint density at radius 1 is 0.966 bits per heavy atom. The fourth-order valence-corrected chi connectivity index (χ4v) is 3.44. The number of thioether (sulfide) groups is 1. The quantitative estimate of drug-likeness (QED) is 0.408. The second-order valence-corrected chi connectivity index (χ2v) is 7.32. The number of ether oxygens (including phenoxy) is 2. The zero-order valence-electron chi connectivity index (χ0n) is 16.7. The molecule has 3 rings (SSSR count). The van der Waals surface area contributed by atoms with Crippen LogP contribution >= 0.6 is 11.8 Å². The molecular formula is C24H25NO3S. The number of amides is 1. The molecule has 0 unspecified atom stereocenters. The van der Waals surface area contributed by atoms with Crippen molar-refractivity contribution in [2.45, 2.75) is 11.3 Å². The van der Waals surface area contributed by atoms with Gasteiger partial charge in [0.2, 0.25) is 0 Å². The predicted octanol–water partition coefficient (Wildman–Crippen LogP) is 4.82. The van der Waals surface area contributed by atoms with E-state index < -0.39 is 0 Å². The Kier molecular flexibility index (Phi) is 7.59. The fourth-order valence-electron chi connectivity index (χ4n) is 3.01. The first-order valence-electron chi connectivity index (χ1n) is 9.46. The lowest BCUT2D eigenvalue weighted by atomic mass is 10.0. The molecule has 29 heavy (non-hydrogen) atoms. The molecule has 3 aromatic carbocycles. The van der Waals surface area contributed by atoms with E-state index in [1.165, 1.54) is 5.56 Å². The van der Waals surface area contributed by atoms with Gasteiger partial charge in [0.1, 0.15) is 18.1 Å². The highest BCUT2D eigenvalue weighted by atomic mass is 32.2. The van der Waals surface area contributed by atoms with Gasteiger partial charge in [-0.05, 0) is 41.6 Å². The van der Waals surface area contributed by atoms with E-state index in [0.29, 0.717) is 24.5 Å². The summed E-state index contributed by atoms with van der Waals surface area (Å²) < 4.78 is 11.3. The van der Waals surface area contributed by atoms with Gasteiger partial charge < -0.3 is 14.8 Å². The minimum Gasteiger partial charge on any atom is -0.496 e. The predicted molar refractivity (Wildman–Crippen MR) is 118 cm³/mol. The molecule has 3 aromatic rings. The normalized spacial score (nSPS) is 10.4. The van der Waals surface area contributed by atoms with Crippen LogP contribution in [0, 0.1) is 0 Å². The molecule has 5 heteroatoms. The van der Waals surface area contributed by atoms with Gasteiger partial charge in [-0.25, -0.2) is 0 Å². The van der Waals surface area contributed by atoms with Crippen molar-refractivity contribution in [3.05, 3.63) is 89.5 Å². The minimum atomic E-state index is -0.171. The molecule has 0 saturated heterocycles. The highest BCUT2D eigenvalue weighted by molar-refractivity contribution is 7.98. The molecule has 0 atom stereocenters. The third-order valence-corrected chi connectivity index (χ3v) is 5.23. The Labute approximate surface area is 176 Å². The Balaban J connectivity index is 1.55. The Morgan fingerprint density at radius 2 is 1.72 bits per heavy atom. The smallest absolute Gasteiger partial charge is 0.255 e. The lowest BCUT2D eigenvalue weighted by Crippen LogP contribution is -2.28. The average molecular weight is 408 g/mol. The van der Waals surface area contributed by atoms with Crippen LogP contribution in [0.3, 0.4) is 0 Å². The average Bonchev–Trinajstić information content (AvgIpc) is 2.77. The summed E-state index contributed by atoms with van der Waals surface area (Å²) in [6.07, 6.45) is 2.80. The monoisotopic (exact) mass is 407 g/mol. The topological polar surface area (TPSA) is 47.6 Å². The van der Waals surface area contributed by atoms with Crippen LogP contribution in [0.2, 0.25) is 0 Å². The summed E-state index contributed by atoms with van der Waals surface area (Å²) in [5.41, 5.74) is 2.88. The number of benzene rings is 3. The first-order chi connectivity index (χ1) is 14.2. The molecule has 1 N–H and O–H groups in total. The van der Waals surface area contributed by atoms with Crippen molar-refractivity contribution >= 4 is 17.7 Å². The number of hydrogen-bond acceptors (Lipinski definition) is 4. The molecule has 0 spiro atoms. The maximum Gasteiger partial charge on any atom is 0.255 e. The van der Waals surface area contributed by atoms with E-state index >= 15 is 0 Å². The number of methoxy groups -OCH3 is 1. The third kappa shape index (κ3) is 5.78. The summed E-state index contributed by atoms with van der Waals surface area (Å²) in [6, 6.07) is 23.9. The van der Waals surface area contributed by atoms with E-state index in [1.807, 2.05) is 54.8 Å². The van der Waals surface area contributed by atoms with E-state index in [1.54, 1.807) is 24.9 Å². The van der Waals surface area contributed by atoms with Crippen molar-refractivity contribution in [3.63, 3.8) is 0 Å². The number of carbonyl (C=O) groups excluding carboxylic acids is 1. The molecule has 0 bridgehead atoms. The Morgan fingerprint density at radius 3 is 2.48 bits per heavy atom. The number of nitrogens with one attached hydrogen (secondary N) is 1. The fraction of sp³-hybridized carbons (Fsp3) is 0.208. The van der Waals surface area contributed by atoms with Crippen molar-refractivity contribution < 1.29 is 14.3 Å². The molecule has 0 aliphatic rings. The zero-order valence-corrected chi connectivity index (χ0v) is 17.5. The maximum atomic E-state index is 12.5. The Hall–Kier alpha value is -2.92. The summed E-state index contributed by atoms with van der Waals surface area (Å²) in [7, 11) is 1.57. The highest BCUT2D eigenvalue weighted by Gasteiger charge is 2.12. The van der Waals surface area contributed by atoms with Gasteiger partial charge in [0.15, 0.2) is 0 Å². The molecule has 0 radical (unpaired) electrons. The molecule has 150 valence electrons. The summed E-state index contributed by atoms with van der Waals surface area (Å²) in [5.74, 6) is 1.24. The minimum absolute atomic E-state index is 0.171. The molecule has 0 saturated carbocycles. The van der Waals surface area contributed by atoms with Crippen LogP contribution in [-0.4, -0.2) is 32.4 Å². The van der Waals surface area contributed by atoms with E-state index in [-0.39, 0.29) is 5.91 Å². The zero-order chi connectivity index (χ0) is 20.5. The van der Waals surface area contributed by atoms with Crippen molar-refractivity contribution in [2.75, 3.05) is 26.5 Å². The van der Waals surface area contributed by atoms with Gasteiger partial charge in [-0.3, -0.25) is 4.79 Å². The largest absolute Gasteiger partial charge is 0.496 e. The van der Waals surface area contributed by atoms with Crippen molar-refractivity contribution in [1.29, 1.82) is 0 Å². The van der Waals surface area contributed by atoms with Gasteiger partial charge in [0.25, 0.3) is 5.91 Å². The molecule has 0 aliphatic carbocycles. The number of hydrogen-bond donors (Lipinski definition) is 1. The van der Waals surface area contributed by atoms with Gasteiger partial charge in [-0.1, -0.05) is 48.5 Å². The van der Waals surface area contributed by atoms with Gasteiger partial charge in [-0.2, -0.15) is 0 Å². The third-order valence-electron chi connectivity index (χ3n) is 4.51. The van der Waals surface area contributed by atoms with E-state index in [9.17, 15) is 4.79 Å². The summed E-state index contributed by atoms with van der Waals surface area (Å²) in [4.78, 5) is 13.5. The second-order valence-electron chi connectivity index (χ2n) is 6.44. The highest BCUT2D eigenvalue weighted by Crippen LogP contribution is 2.25. The van der Waals surface area contributed by atoms with Crippen LogP contribution in [0.1, 0.15) is 21.5 Å². The molecule has 1 amide bonds.